The van der Waals surface area contributed by atoms with Crippen molar-refractivity contribution in [1.29, 1.82) is 0 Å². The summed E-state index contributed by atoms with van der Waals surface area (Å²) in [6.45, 7) is 3.72. The second-order valence-corrected chi connectivity index (χ2v) is 9.63. The highest BCUT2D eigenvalue weighted by atomic mass is 35.5. The van der Waals surface area contributed by atoms with Crippen LogP contribution in [0, 0.1) is 6.92 Å². The molecule has 37 heavy (non-hydrogen) atoms. The van der Waals surface area contributed by atoms with Gasteiger partial charge in [-0.1, -0.05) is 23.7 Å². The number of benzene rings is 2. The quantitative estimate of drug-likeness (QED) is 0.342. The molecule has 0 radical (unpaired) electrons. The van der Waals surface area contributed by atoms with Crippen molar-refractivity contribution in [2.24, 2.45) is 0 Å². The van der Waals surface area contributed by atoms with E-state index in [9.17, 15) is 4.79 Å². The number of carbonyl (C=O) groups is 1. The Morgan fingerprint density at radius 1 is 1.19 bits per heavy atom. The number of aromatic nitrogens is 2. The Kier molecular flexibility index (Phi) is 7.53. The van der Waals surface area contributed by atoms with Gasteiger partial charge in [-0.2, -0.15) is 0 Å². The predicted molar refractivity (Wildman–Crippen MR) is 143 cm³/mol. The number of nitrogens with one attached hydrogen (secondary N) is 1. The second-order valence-electron chi connectivity index (χ2n) is 9.20. The standard InChI is InChI=1S/C29H29ClN4O3/c1-19-28(33-27(37-19)15-20-4-3-5-23(30)14-20)21-7-10-26(11-8-21)36-18-25-9-6-22(16-32-25)29(35)34-13-12-24(17-34)31-2/h3-11,14,16,24,31H,12-13,15,17-18H2,1-2H3/t24-/m1/s1. The van der Waals surface area contributed by atoms with Gasteiger partial charge in [0.05, 0.1) is 11.3 Å². The molecule has 1 aliphatic heterocycles. The van der Waals surface area contributed by atoms with Crippen LogP contribution in [0.15, 0.2) is 71.3 Å². The summed E-state index contributed by atoms with van der Waals surface area (Å²) in [6, 6.07) is 19.5. The first-order valence-corrected chi connectivity index (χ1v) is 12.7. The number of pyridine rings is 1. The molecule has 0 spiro atoms. The van der Waals surface area contributed by atoms with Crippen LogP contribution in [-0.4, -0.2) is 47.0 Å². The molecule has 0 aliphatic carbocycles. The smallest absolute Gasteiger partial charge is 0.255 e. The molecular formula is C29H29ClN4O3. The van der Waals surface area contributed by atoms with Crippen LogP contribution in [0.3, 0.4) is 0 Å². The molecule has 1 saturated heterocycles. The molecule has 1 fully saturated rings. The molecule has 2 aromatic heterocycles. The van der Waals surface area contributed by atoms with Gasteiger partial charge in [-0.05, 0) is 74.5 Å². The number of halogens is 1. The molecule has 190 valence electrons. The van der Waals surface area contributed by atoms with Crippen LogP contribution in [0.2, 0.25) is 5.02 Å². The van der Waals surface area contributed by atoms with E-state index in [1.807, 2.05) is 79.5 Å². The maximum absolute atomic E-state index is 12.7. The van der Waals surface area contributed by atoms with Crippen LogP contribution in [0.25, 0.3) is 11.3 Å². The lowest BCUT2D eigenvalue weighted by Gasteiger charge is -2.16. The van der Waals surface area contributed by atoms with Crippen molar-refractivity contribution in [2.45, 2.75) is 32.4 Å². The van der Waals surface area contributed by atoms with Crippen molar-refractivity contribution in [3.05, 3.63) is 100 Å². The fourth-order valence-electron chi connectivity index (χ4n) is 4.48. The minimum atomic E-state index is 0.0205. The van der Waals surface area contributed by atoms with Crippen LogP contribution in [0.5, 0.6) is 5.75 Å². The van der Waals surface area contributed by atoms with Gasteiger partial charge in [-0.3, -0.25) is 9.78 Å². The number of hydrogen-bond acceptors (Lipinski definition) is 6. The Labute approximate surface area is 221 Å². The van der Waals surface area contributed by atoms with E-state index in [4.69, 9.17) is 25.7 Å². The lowest BCUT2D eigenvalue weighted by atomic mass is 10.1. The zero-order chi connectivity index (χ0) is 25.8. The largest absolute Gasteiger partial charge is 0.487 e. The van der Waals surface area contributed by atoms with E-state index in [-0.39, 0.29) is 5.91 Å². The average molecular weight is 517 g/mol. The first-order chi connectivity index (χ1) is 18.0. The van der Waals surface area contributed by atoms with E-state index >= 15 is 0 Å². The summed E-state index contributed by atoms with van der Waals surface area (Å²) in [6.07, 6.45) is 3.18. The van der Waals surface area contributed by atoms with Crippen molar-refractivity contribution in [3.63, 3.8) is 0 Å². The first-order valence-electron chi connectivity index (χ1n) is 12.3. The topological polar surface area (TPSA) is 80.5 Å². The van der Waals surface area contributed by atoms with Crippen LogP contribution in [0.4, 0.5) is 0 Å². The number of rotatable bonds is 8. The van der Waals surface area contributed by atoms with E-state index in [0.717, 1.165) is 53.5 Å². The van der Waals surface area contributed by atoms with Gasteiger partial charge in [0.15, 0.2) is 5.89 Å². The lowest BCUT2D eigenvalue weighted by molar-refractivity contribution is 0.0789. The van der Waals surface area contributed by atoms with Gasteiger partial charge < -0.3 is 19.4 Å². The van der Waals surface area contributed by atoms with Gasteiger partial charge in [0.1, 0.15) is 23.8 Å². The number of oxazole rings is 1. The summed E-state index contributed by atoms with van der Waals surface area (Å²) in [4.78, 5) is 23.7. The van der Waals surface area contributed by atoms with Gasteiger partial charge >= 0.3 is 0 Å². The van der Waals surface area contributed by atoms with Crippen LogP contribution >= 0.6 is 11.6 Å². The molecule has 0 unspecified atom stereocenters. The molecule has 3 heterocycles. The molecular weight excluding hydrogens is 488 g/mol. The minimum absolute atomic E-state index is 0.0205. The fraction of sp³-hybridized carbons (Fsp3) is 0.276. The SMILES string of the molecule is CN[C@@H]1CCN(C(=O)c2ccc(COc3ccc(-c4nc(Cc5cccc(Cl)c5)oc4C)cc3)nc2)C1. The zero-order valence-corrected chi connectivity index (χ0v) is 21.7. The molecule has 7 nitrogen and oxygen atoms in total. The van der Waals surface area contributed by atoms with Gasteiger partial charge in [-0.25, -0.2) is 4.98 Å². The fourth-order valence-corrected chi connectivity index (χ4v) is 4.69. The van der Waals surface area contributed by atoms with Crippen molar-refractivity contribution in [2.75, 3.05) is 20.1 Å². The van der Waals surface area contributed by atoms with Crippen molar-refractivity contribution in [3.8, 4) is 17.0 Å². The van der Waals surface area contributed by atoms with Gasteiger partial charge in [-0.15, -0.1) is 0 Å². The molecule has 5 rings (SSSR count). The predicted octanol–water partition coefficient (Wildman–Crippen LogP) is 5.30. The number of ether oxygens (including phenoxy) is 1. The van der Waals surface area contributed by atoms with E-state index in [2.05, 4.69) is 10.3 Å². The monoisotopic (exact) mass is 516 g/mol. The number of hydrogen-bond donors (Lipinski definition) is 1. The summed E-state index contributed by atoms with van der Waals surface area (Å²) in [7, 11) is 1.93. The molecule has 4 aromatic rings. The van der Waals surface area contributed by atoms with E-state index < -0.39 is 0 Å². The highest BCUT2D eigenvalue weighted by molar-refractivity contribution is 6.30. The third-order valence-electron chi connectivity index (χ3n) is 6.56. The Morgan fingerprint density at radius 3 is 2.73 bits per heavy atom. The molecule has 0 saturated carbocycles. The third kappa shape index (κ3) is 6.01. The third-order valence-corrected chi connectivity index (χ3v) is 6.79. The summed E-state index contributed by atoms with van der Waals surface area (Å²) in [5.41, 5.74) is 4.17. The number of likely N-dealkylation sites (N-methyl/N-ethyl adjacent to an activating group) is 1. The highest BCUT2D eigenvalue weighted by Gasteiger charge is 2.26. The number of aryl methyl sites for hydroxylation is 1. The van der Waals surface area contributed by atoms with Gasteiger partial charge in [0, 0.05) is 42.3 Å². The Balaban J connectivity index is 1.17. The number of likely N-dealkylation sites (tertiary alicyclic amines) is 1. The van der Waals surface area contributed by atoms with E-state index in [1.165, 1.54) is 0 Å². The highest BCUT2D eigenvalue weighted by Crippen LogP contribution is 2.27. The number of carbonyl (C=O) groups excluding carboxylic acids is 1. The summed E-state index contributed by atoms with van der Waals surface area (Å²) in [5, 5.41) is 3.93. The Hall–Kier alpha value is -3.68. The zero-order valence-electron chi connectivity index (χ0n) is 20.9. The molecule has 1 N–H and O–H groups in total. The van der Waals surface area contributed by atoms with Gasteiger partial charge in [0.25, 0.3) is 5.91 Å². The number of nitrogens with zero attached hydrogens (tertiary/aromatic N) is 3. The van der Waals surface area contributed by atoms with Crippen molar-refractivity contribution >= 4 is 17.5 Å². The van der Waals surface area contributed by atoms with Crippen molar-refractivity contribution < 1.29 is 13.9 Å². The molecule has 1 amide bonds. The van der Waals surface area contributed by atoms with Gasteiger partial charge in [0.2, 0.25) is 0 Å². The number of amides is 1. The first kappa shape index (κ1) is 25.0. The summed E-state index contributed by atoms with van der Waals surface area (Å²) < 4.78 is 11.8. The maximum Gasteiger partial charge on any atom is 0.255 e. The Morgan fingerprint density at radius 2 is 2.03 bits per heavy atom. The van der Waals surface area contributed by atoms with E-state index in [0.29, 0.717) is 35.5 Å². The molecule has 0 bridgehead atoms. The van der Waals surface area contributed by atoms with Crippen LogP contribution in [-0.2, 0) is 13.0 Å². The van der Waals surface area contributed by atoms with E-state index in [1.54, 1.807) is 6.20 Å². The lowest BCUT2D eigenvalue weighted by Crippen LogP contribution is -2.33. The normalized spacial score (nSPS) is 15.2. The Bertz CT molecular complexity index is 1370. The average Bonchev–Trinajstić information content (AvgIpc) is 3.54. The summed E-state index contributed by atoms with van der Waals surface area (Å²) >= 11 is 6.09. The minimum Gasteiger partial charge on any atom is -0.487 e. The maximum atomic E-state index is 12.7. The molecule has 1 atom stereocenters. The summed E-state index contributed by atoms with van der Waals surface area (Å²) in [5.74, 6) is 2.16. The molecule has 8 heteroatoms. The van der Waals surface area contributed by atoms with Crippen LogP contribution < -0.4 is 10.1 Å². The van der Waals surface area contributed by atoms with Crippen molar-refractivity contribution in [1.82, 2.24) is 20.2 Å². The second kappa shape index (κ2) is 11.2. The van der Waals surface area contributed by atoms with Crippen LogP contribution in [0.1, 0.15) is 39.7 Å². The molecule has 1 aliphatic rings. The molecule has 2 aromatic carbocycles.